The van der Waals surface area contributed by atoms with Crippen molar-refractivity contribution in [1.82, 2.24) is 4.98 Å². The zero-order valence-electron chi connectivity index (χ0n) is 6.59. The van der Waals surface area contributed by atoms with Gasteiger partial charge in [-0.15, -0.1) is 6.58 Å². The summed E-state index contributed by atoms with van der Waals surface area (Å²) in [5.74, 6) is 0. The molecule has 0 radical (unpaired) electrons. The number of hydrogen-bond donors (Lipinski definition) is 1. The molecule has 2 heteroatoms. The second-order valence-electron chi connectivity index (χ2n) is 2.41. The summed E-state index contributed by atoms with van der Waals surface area (Å²) in [5.41, 5.74) is 3.35. The number of hydrogen-bond acceptors (Lipinski definition) is 1. The van der Waals surface area contributed by atoms with Crippen LogP contribution in [0.15, 0.2) is 42.6 Å². The van der Waals surface area contributed by atoms with E-state index in [9.17, 15) is 0 Å². The standard InChI is InChI=1S/C9H13NSi/c1-2-11-10-8-9-6-4-3-5-7-9/h2-7,10H,1,8,11H2. The lowest BCUT2D eigenvalue weighted by Crippen LogP contribution is -2.16. The molecule has 1 aromatic rings. The van der Waals surface area contributed by atoms with Crippen molar-refractivity contribution in [2.24, 2.45) is 0 Å². The molecular formula is C9H13NSi. The first-order valence-corrected chi connectivity index (χ1v) is 5.31. The Morgan fingerprint density at radius 3 is 2.73 bits per heavy atom. The van der Waals surface area contributed by atoms with Crippen molar-refractivity contribution in [2.45, 2.75) is 6.54 Å². The normalized spacial score (nSPS) is 10.5. The van der Waals surface area contributed by atoms with Gasteiger partial charge in [-0.1, -0.05) is 36.0 Å². The fourth-order valence-electron chi connectivity index (χ4n) is 0.914. The van der Waals surface area contributed by atoms with E-state index in [1.54, 1.807) is 0 Å². The van der Waals surface area contributed by atoms with E-state index in [4.69, 9.17) is 0 Å². The molecule has 0 bridgehead atoms. The highest BCUT2D eigenvalue weighted by atomic mass is 28.2. The van der Waals surface area contributed by atoms with E-state index in [0.717, 1.165) is 6.54 Å². The largest absolute Gasteiger partial charge is 0.335 e. The predicted molar refractivity (Wildman–Crippen MR) is 52.0 cm³/mol. The Balaban J connectivity index is 2.33. The fourth-order valence-corrected chi connectivity index (χ4v) is 1.55. The molecule has 0 fully saturated rings. The van der Waals surface area contributed by atoms with Crippen LogP contribution in [-0.2, 0) is 6.54 Å². The van der Waals surface area contributed by atoms with Gasteiger partial charge in [0.25, 0.3) is 0 Å². The number of benzene rings is 1. The van der Waals surface area contributed by atoms with Gasteiger partial charge < -0.3 is 4.98 Å². The van der Waals surface area contributed by atoms with E-state index in [1.165, 1.54) is 5.56 Å². The van der Waals surface area contributed by atoms with Crippen LogP contribution in [0.4, 0.5) is 0 Å². The minimum atomic E-state index is -0.208. The lowest BCUT2D eigenvalue weighted by molar-refractivity contribution is 0.954. The van der Waals surface area contributed by atoms with Crippen LogP contribution in [-0.4, -0.2) is 9.68 Å². The maximum Gasteiger partial charge on any atom is 0.116 e. The molecule has 0 aliphatic heterocycles. The monoisotopic (exact) mass is 163 g/mol. The maximum atomic E-state index is 3.69. The second kappa shape index (κ2) is 4.88. The summed E-state index contributed by atoms with van der Waals surface area (Å²) in [4.78, 5) is 3.37. The summed E-state index contributed by atoms with van der Waals surface area (Å²) >= 11 is 0. The van der Waals surface area contributed by atoms with Gasteiger partial charge in [0.2, 0.25) is 0 Å². The first-order valence-electron chi connectivity index (χ1n) is 3.79. The summed E-state index contributed by atoms with van der Waals surface area (Å²) in [6.45, 7) is 4.68. The van der Waals surface area contributed by atoms with Crippen molar-refractivity contribution in [1.29, 1.82) is 0 Å². The zero-order chi connectivity index (χ0) is 7.94. The molecule has 0 heterocycles. The Hall–Kier alpha value is -0.863. The van der Waals surface area contributed by atoms with Crippen molar-refractivity contribution in [3.05, 3.63) is 48.2 Å². The quantitative estimate of drug-likeness (QED) is 0.516. The van der Waals surface area contributed by atoms with Gasteiger partial charge >= 0.3 is 0 Å². The number of rotatable bonds is 4. The molecule has 0 amide bonds. The van der Waals surface area contributed by atoms with Crippen molar-refractivity contribution in [3.63, 3.8) is 0 Å². The topological polar surface area (TPSA) is 12.0 Å². The van der Waals surface area contributed by atoms with E-state index in [-0.39, 0.29) is 9.68 Å². The van der Waals surface area contributed by atoms with Gasteiger partial charge in [0.15, 0.2) is 0 Å². The highest BCUT2D eigenvalue weighted by Gasteiger charge is 1.86. The first kappa shape index (κ1) is 8.24. The second-order valence-corrected chi connectivity index (χ2v) is 3.89. The van der Waals surface area contributed by atoms with E-state index in [2.05, 4.69) is 35.8 Å². The summed E-state index contributed by atoms with van der Waals surface area (Å²) in [6.07, 6.45) is 0. The van der Waals surface area contributed by atoms with Gasteiger partial charge in [-0.3, -0.25) is 0 Å². The molecule has 0 spiro atoms. The molecule has 0 saturated carbocycles. The van der Waals surface area contributed by atoms with Gasteiger partial charge in [-0.05, 0) is 5.56 Å². The summed E-state index contributed by atoms with van der Waals surface area (Å²) in [6, 6.07) is 10.4. The van der Waals surface area contributed by atoms with Gasteiger partial charge in [0, 0.05) is 6.54 Å². The third-order valence-corrected chi connectivity index (χ3v) is 2.29. The van der Waals surface area contributed by atoms with E-state index in [1.807, 2.05) is 11.8 Å². The van der Waals surface area contributed by atoms with Crippen LogP contribution < -0.4 is 4.98 Å². The zero-order valence-corrected chi connectivity index (χ0v) is 8.00. The lowest BCUT2D eigenvalue weighted by atomic mass is 10.2. The summed E-state index contributed by atoms with van der Waals surface area (Å²) < 4.78 is 0. The summed E-state index contributed by atoms with van der Waals surface area (Å²) in [7, 11) is -0.208. The van der Waals surface area contributed by atoms with Crippen molar-refractivity contribution < 1.29 is 0 Å². The van der Waals surface area contributed by atoms with Gasteiger partial charge in [-0.25, -0.2) is 0 Å². The molecule has 1 N–H and O–H groups in total. The molecule has 0 aliphatic rings. The number of nitrogens with one attached hydrogen (secondary N) is 1. The average Bonchev–Trinajstić information content (AvgIpc) is 2.07. The average molecular weight is 163 g/mol. The van der Waals surface area contributed by atoms with Crippen LogP contribution in [0.3, 0.4) is 0 Å². The fraction of sp³-hybridized carbons (Fsp3) is 0.111. The van der Waals surface area contributed by atoms with Crippen molar-refractivity contribution >= 4 is 9.68 Å². The molecule has 0 atom stereocenters. The minimum Gasteiger partial charge on any atom is -0.335 e. The van der Waals surface area contributed by atoms with Crippen molar-refractivity contribution in [3.8, 4) is 0 Å². The van der Waals surface area contributed by atoms with Crippen molar-refractivity contribution in [2.75, 3.05) is 0 Å². The van der Waals surface area contributed by atoms with Crippen LogP contribution in [0.2, 0.25) is 0 Å². The maximum absolute atomic E-state index is 3.69. The van der Waals surface area contributed by atoms with E-state index >= 15 is 0 Å². The van der Waals surface area contributed by atoms with Crippen LogP contribution >= 0.6 is 0 Å². The van der Waals surface area contributed by atoms with Gasteiger partial charge in [-0.2, -0.15) is 0 Å². The highest BCUT2D eigenvalue weighted by Crippen LogP contribution is 1.95. The SMILES string of the molecule is C=C[SiH2]NCc1ccccc1. The molecular weight excluding hydrogens is 150 g/mol. The third kappa shape index (κ3) is 3.16. The molecule has 1 aromatic carbocycles. The van der Waals surface area contributed by atoms with Crippen LogP contribution in [0.5, 0.6) is 0 Å². The molecule has 58 valence electrons. The smallest absolute Gasteiger partial charge is 0.116 e. The predicted octanol–water partition coefficient (Wildman–Crippen LogP) is 1.00. The van der Waals surface area contributed by atoms with Gasteiger partial charge in [0.1, 0.15) is 9.68 Å². The Labute approximate surface area is 70.0 Å². The van der Waals surface area contributed by atoms with Gasteiger partial charge in [0.05, 0.1) is 0 Å². The molecule has 1 nitrogen and oxygen atoms in total. The Morgan fingerprint density at radius 1 is 1.36 bits per heavy atom. The van der Waals surface area contributed by atoms with E-state index < -0.39 is 0 Å². The molecule has 0 unspecified atom stereocenters. The third-order valence-electron chi connectivity index (χ3n) is 1.46. The first-order chi connectivity index (χ1) is 5.43. The molecule has 11 heavy (non-hydrogen) atoms. The Morgan fingerprint density at radius 2 is 2.09 bits per heavy atom. The Bertz CT molecular complexity index is 208. The minimum absolute atomic E-state index is 0.208. The van der Waals surface area contributed by atoms with E-state index in [0.29, 0.717) is 0 Å². The van der Waals surface area contributed by atoms with Crippen LogP contribution in [0.25, 0.3) is 0 Å². The van der Waals surface area contributed by atoms with Crippen LogP contribution in [0, 0.1) is 0 Å². The summed E-state index contributed by atoms with van der Waals surface area (Å²) in [5, 5.41) is 0. The lowest BCUT2D eigenvalue weighted by Gasteiger charge is -1.99. The molecule has 0 saturated heterocycles. The van der Waals surface area contributed by atoms with Crippen LogP contribution in [0.1, 0.15) is 5.56 Å². The Kier molecular flexibility index (Phi) is 3.65. The molecule has 0 aromatic heterocycles. The highest BCUT2D eigenvalue weighted by molar-refractivity contribution is 6.38. The molecule has 0 aliphatic carbocycles. The molecule has 1 rings (SSSR count).